The molecule has 0 radical (unpaired) electrons. The van der Waals surface area contributed by atoms with Crippen LogP contribution < -0.4 is 5.32 Å². The first-order valence-corrected chi connectivity index (χ1v) is 7.77. The smallest absolute Gasteiger partial charge is 0.0198 e. The minimum absolute atomic E-state index is 0.763. The molecular weight excluding hydrogens is 208 g/mol. The number of likely N-dealkylation sites (tertiary alicyclic amines) is 1. The first-order chi connectivity index (χ1) is 8.31. The molecule has 2 heteroatoms. The maximum atomic E-state index is 3.74. The topological polar surface area (TPSA) is 15.3 Å². The van der Waals surface area contributed by atoms with Gasteiger partial charge in [0.05, 0.1) is 0 Å². The fourth-order valence-corrected chi connectivity index (χ4v) is 3.23. The molecule has 1 saturated carbocycles. The molecule has 0 amide bonds. The number of nitrogens with one attached hydrogen (secondary N) is 1. The van der Waals surface area contributed by atoms with Gasteiger partial charge in [-0.15, -0.1) is 0 Å². The molecule has 1 heterocycles. The lowest BCUT2D eigenvalue weighted by atomic mass is 9.90. The van der Waals surface area contributed by atoms with E-state index in [-0.39, 0.29) is 0 Å². The van der Waals surface area contributed by atoms with Crippen molar-refractivity contribution in [2.24, 2.45) is 11.8 Å². The van der Waals surface area contributed by atoms with E-state index in [1.54, 1.807) is 0 Å². The Labute approximate surface area is 107 Å². The SMILES string of the molecule is CCCNC1CC(CCC)CN(CC2CC2)C1. The minimum atomic E-state index is 0.763. The Morgan fingerprint density at radius 2 is 1.88 bits per heavy atom. The van der Waals surface area contributed by atoms with Crippen LogP contribution in [0.15, 0.2) is 0 Å². The van der Waals surface area contributed by atoms with Crippen LogP contribution in [0, 0.1) is 11.8 Å². The normalized spacial score (nSPS) is 30.7. The van der Waals surface area contributed by atoms with Gasteiger partial charge in [0.25, 0.3) is 0 Å². The van der Waals surface area contributed by atoms with Crippen LogP contribution in [0.25, 0.3) is 0 Å². The molecular formula is C15H30N2. The van der Waals surface area contributed by atoms with Crippen molar-refractivity contribution in [3.05, 3.63) is 0 Å². The van der Waals surface area contributed by atoms with Crippen LogP contribution in [-0.4, -0.2) is 37.1 Å². The number of rotatable bonds is 7. The second-order valence-corrected chi connectivity index (χ2v) is 6.20. The third-order valence-corrected chi connectivity index (χ3v) is 4.21. The number of hydrogen-bond acceptors (Lipinski definition) is 2. The van der Waals surface area contributed by atoms with Gasteiger partial charge in [0.15, 0.2) is 0 Å². The molecule has 0 bridgehead atoms. The third-order valence-electron chi connectivity index (χ3n) is 4.21. The Bertz CT molecular complexity index is 213. The Balaban J connectivity index is 1.79. The summed E-state index contributed by atoms with van der Waals surface area (Å²) in [6.07, 6.45) is 8.42. The van der Waals surface area contributed by atoms with Gasteiger partial charge in [-0.1, -0.05) is 20.3 Å². The van der Waals surface area contributed by atoms with Gasteiger partial charge in [-0.2, -0.15) is 0 Å². The molecule has 2 nitrogen and oxygen atoms in total. The second-order valence-electron chi connectivity index (χ2n) is 6.20. The third kappa shape index (κ3) is 4.59. The highest BCUT2D eigenvalue weighted by Crippen LogP contribution is 2.31. The Morgan fingerprint density at radius 3 is 2.53 bits per heavy atom. The molecule has 1 N–H and O–H groups in total. The summed E-state index contributed by atoms with van der Waals surface area (Å²) in [7, 11) is 0. The predicted octanol–water partition coefficient (Wildman–Crippen LogP) is 2.89. The molecule has 2 rings (SSSR count). The van der Waals surface area contributed by atoms with Crippen LogP contribution in [-0.2, 0) is 0 Å². The van der Waals surface area contributed by atoms with E-state index >= 15 is 0 Å². The summed E-state index contributed by atoms with van der Waals surface area (Å²) in [5.41, 5.74) is 0. The van der Waals surface area contributed by atoms with Gasteiger partial charge in [-0.05, 0) is 50.5 Å². The molecule has 0 spiro atoms. The highest BCUT2D eigenvalue weighted by molar-refractivity contribution is 4.86. The molecule has 2 fully saturated rings. The van der Waals surface area contributed by atoms with Gasteiger partial charge in [-0.3, -0.25) is 0 Å². The molecule has 2 atom stereocenters. The largest absolute Gasteiger partial charge is 0.313 e. The van der Waals surface area contributed by atoms with Gasteiger partial charge in [0.1, 0.15) is 0 Å². The summed E-state index contributed by atoms with van der Waals surface area (Å²) in [4.78, 5) is 2.74. The van der Waals surface area contributed by atoms with Crippen LogP contribution in [0.2, 0.25) is 0 Å². The van der Waals surface area contributed by atoms with Gasteiger partial charge >= 0.3 is 0 Å². The number of hydrogen-bond donors (Lipinski definition) is 1. The Morgan fingerprint density at radius 1 is 1.06 bits per heavy atom. The molecule has 100 valence electrons. The zero-order valence-corrected chi connectivity index (χ0v) is 11.8. The molecule has 0 aromatic heterocycles. The number of nitrogens with zero attached hydrogens (tertiary/aromatic N) is 1. The lowest BCUT2D eigenvalue weighted by Gasteiger charge is -2.38. The molecule has 1 saturated heterocycles. The van der Waals surface area contributed by atoms with Crippen LogP contribution in [0.4, 0.5) is 0 Å². The van der Waals surface area contributed by atoms with Crippen molar-refractivity contribution in [3.8, 4) is 0 Å². The quantitative estimate of drug-likeness (QED) is 0.733. The molecule has 2 aliphatic rings. The number of piperidine rings is 1. The first-order valence-electron chi connectivity index (χ1n) is 7.77. The van der Waals surface area contributed by atoms with Crippen molar-refractivity contribution >= 4 is 0 Å². The van der Waals surface area contributed by atoms with Crippen molar-refractivity contribution in [1.29, 1.82) is 0 Å². The summed E-state index contributed by atoms with van der Waals surface area (Å²) in [6, 6.07) is 0.763. The van der Waals surface area contributed by atoms with Gasteiger partial charge in [-0.25, -0.2) is 0 Å². The van der Waals surface area contributed by atoms with Crippen LogP contribution in [0.3, 0.4) is 0 Å². The fraction of sp³-hybridized carbons (Fsp3) is 1.00. The van der Waals surface area contributed by atoms with Gasteiger partial charge < -0.3 is 10.2 Å². The van der Waals surface area contributed by atoms with Crippen molar-refractivity contribution in [3.63, 3.8) is 0 Å². The fourth-order valence-electron chi connectivity index (χ4n) is 3.23. The van der Waals surface area contributed by atoms with Crippen molar-refractivity contribution in [1.82, 2.24) is 10.2 Å². The molecule has 1 aliphatic carbocycles. The van der Waals surface area contributed by atoms with Crippen LogP contribution >= 0.6 is 0 Å². The summed E-state index contributed by atoms with van der Waals surface area (Å²) in [5, 5.41) is 3.74. The predicted molar refractivity (Wildman–Crippen MR) is 74.3 cm³/mol. The van der Waals surface area contributed by atoms with E-state index in [1.165, 1.54) is 64.7 Å². The summed E-state index contributed by atoms with van der Waals surface area (Å²) >= 11 is 0. The average Bonchev–Trinajstić information content (AvgIpc) is 3.10. The van der Waals surface area contributed by atoms with E-state index in [1.807, 2.05) is 0 Å². The zero-order valence-electron chi connectivity index (χ0n) is 11.8. The monoisotopic (exact) mass is 238 g/mol. The molecule has 0 aromatic carbocycles. The van der Waals surface area contributed by atoms with Crippen molar-refractivity contribution in [2.45, 2.75) is 58.4 Å². The highest BCUT2D eigenvalue weighted by Gasteiger charge is 2.30. The standard InChI is InChI=1S/C15H30N2/c1-3-5-14-9-15(16-8-4-2)12-17(11-14)10-13-6-7-13/h13-16H,3-12H2,1-2H3. The van der Waals surface area contributed by atoms with Gasteiger partial charge in [0.2, 0.25) is 0 Å². The van der Waals surface area contributed by atoms with E-state index in [0.29, 0.717) is 0 Å². The zero-order chi connectivity index (χ0) is 12.1. The Kier molecular flexibility index (Phi) is 5.30. The average molecular weight is 238 g/mol. The molecule has 1 aliphatic heterocycles. The van der Waals surface area contributed by atoms with Gasteiger partial charge in [0, 0.05) is 25.7 Å². The van der Waals surface area contributed by atoms with Crippen LogP contribution in [0.5, 0.6) is 0 Å². The molecule has 2 unspecified atom stereocenters. The van der Waals surface area contributed by atoms with E-state index in [4.69, 9.17) is 0 Å². The molecule has 17 heavy (non-hydrogen) atoms. The molecule has 0 aromatic rings. The summed E-state index contributed by atoms with van der Waals surface area (Å²) in [5.74, 6) is 1.99. The second kappa shape index (κ2) is 6.75. The first kappa shape index (κ1) is 13.4. The maximum absolute atomic E-state index is 3.74. The lowest BCUT2D eigenvalue weighted by molar-refractivity contribution is 0.131. The van der Waals surface area contributed by atoms with E-state index in [9.17, 15) is 0 Å². The lowest BCUT2D eigenvalue weighted by Crippen LogP contribution is -2.49. The van der Waals surface area contributed by atoms with E-state index in [0.717, 1.165) is 17.9 Å². The highest BCUT2D eigenvalue weighted by atomic mass is 15.2. The van der Waals surface area contributed by atoms with E-state index in [2.05, 4.69) is 24.1 Å². The summed E-state index contributed by atoms with van der Waals surface area (Å²) in [6.45, 7) is 9.84. The minimum Gasteiger partial charge on any atom is -0.313 e. The van der Waals surface area contributed by atoms with Crippen LogP contribution in [0.1, 0.15) is 52.4 Å². The van der Waals surface area contributed by atoms with Crippen molar-refractivity contribution in [2.75, 3.05) is 26.2 Å². The van der Waals surface area contributed by atoms with E-state index < -0.39 is 0 Å². The summed E-state index contributed by atoms with van der Waals surface area (Å²) < 4.78 is 0. The van der Waals surface area contributed by atoms with Crippen molar-refractivity contribution < 1.29 is 0 Å². The Hall–Kier alpha value is -0.0800. The maximum Gasteiger partial charge on any atom is 0.0198 e.